The number of nitrogens with zero attached hydrogens (tertiary/aromatic N) is 1. The van der Waals surface area contributed by atoms with Crippen molar-refractivity contribution in [3.05, 3.63) is 46.5 Å². The topological polar surface area (TPSA) is 166 Å². The summed E-state index contributed by atoms with van der Waals surface area (Å²) in [6.07, 6.45) is 9.18. The SMILES string of the molecule is O=C1CC[C@@]2(O)C3Cc4ccc(O)c5c4C2(CCN3)C1O5.O=C1CC[C@@]2(O)C3Cc4ccc(O)c5c4C2(CCN3CC2CC2)C1O5.O=CC1CC1. The summed E-state index contributed by atoms with van der Waals surface area (Å²) in [5.74, 6) is 2.38. The van der Waals surface area contributed by atoms with Gasteiger partial charge in [0.05, 0.1) is 22.0 Å². The normalized spacial score (nSPS) is 40.0. The first-order chi connectivity index (χ1) is 24.6. The number of ketones is 2. The fourth-order valence-electron chi connectivity index (χ4n) is 11.7. The molecule has 12 rings (SSSR count). The zero-order valence-corrected chi connectivity index (χ0v) is 28.7. The number of hydrogen-bond acceptors (Lipinski definition) is 11. The summed E-state index contributed by atoms with van der Waals surface area (Å²) < 4.78 is 11.9. The number of nitrogens with one attached hydrogen (secondary N) is 1. The van der Waals surface area contributed by atoms with Crippen LogP contribution in [-0.4, -0.2) is 98.3 Å². The third-order valence-electron chi connectivity index (χ3n) is 14.5. The number of hydrogen-bond donors (Lipinski definition) is 5. The Morgan fingerprint density at radius 1 is 0.784 bits per heavy atom. The Bertz CT molecular complexity index is 1870. The number of aromatic hydroxyl groups is 2. The molecular weight excluding hydrogens is 652 g/mol. The zero-order valence-electron chi connectivity index (χ0n) is 28.7. The molecular formula is C40H46N2O9. The van der Waals surface area contributed by atoms with Crippen molar-refractivity contribution in [2.75, 3.05) is 19.6 Å². The lowest BCUT2D eigenvalue weighted by Crippen LogP contribution is -2.76. The highest BCUT2D eigenvalue weighted by Gasteiger charge is 2.74. The highest BCUT2D eigenvalue weighted by molar-refractivity contribution is 5.91. The number of carbonyl (C=O) groups is 3. The average molecular weight is 699 g/mol. The molecule has 6 aliphatic carbocycles. The van der Waals surface area contributed by atoms with Gasteiger partial charge in [-0.3, -0.25) is 14.5 Å². The quantitative estimate of drug-likeness (QED) is 0.299. The van der Waals surface area contributed by atoms with E-state index in [0.29, 0.717) is 55.9 Å². The first-order valence-corrected chi connectivity index (χ1v) is 19.0. The molecule has 10 aliphatic rings. The van der Waals surface area contributed by atoms with E-state index in [0.717, 1.165) is 79.8 Å². The van der Waals surface area contributed by atoms with Gasteiger partial charge < -0.3 is 40.0 Å². The largest absolute Gasteiger partial charge is 0.504 e. The second kappa shape index (κ2) is 10.8. The van der Waals surface area contributed by atoms with Crippen molar-refractivity contribution in [1.29, 1.82) is 0 Å². The molecule has 2 saturated heterocycles. The molecule has 11 heteroatoms. The molecule has 51 heavy (non-hydrogen) atoms. The van der Waals surface area contributed by atoms with Crippen LogP contribution in [0, 0.1) is 11.8 Å². The molecule has 2 spiro atoms. The van der Waals surface area contributed by atoms with Crippen molar-refractivity contribution in [2.24, 2.45) is 11.8 Å². The van der Waals surface area contributed by atoms with Crippen molar-refractivity contribution >= 4 is 17.9 Å². The molecule has 4 heterocycles. The van der Waals surface area contributed by atoms with Gasteiger partial charge in [-0.15, -0.1) is 0 Å². The summed E-state index contributed by atoms with van der Waals surface area (Å²) >= 11 is 0. The molecule has 2 aromatic rings. The van der Waals surface area contributed by atoms with Crippen LogP contribution < -0.4 is 14.8 Å². The molecule has 4 bridgehead atoms. The summed E-state index contributed by atoms with van der Waals surface area (Å²) in [5, 5.41) is 47.3. The van der Waals surface area contributed by atoms with Gasteiger partial charge in [0.25, 0.3) is 0 Å². The van der Waals surface area contributed by atoms with Crippen LogP contribution in [0.4, 0.5) is 0 Å². The lowest BCUT2D eigenvalue weighted by Gasteiger charge is -2.62. The fraction of sp³-hybridized carbons (Fsp3) is 0.625. The van der Waals surface area contributed by atoms with Gasteiger partial charge in [-0.1, -0.05) is 12.1 Å². The number of aldehydes is 1. The number of phenols is 2. The minimum Gasteiger partial charge on any atom is -0.504 e. The van der Waals surface area contributed by atoms with Gasteiger partial charge in [0.15, 0.2) is 46.8 Å². The Balaban J connectivity index is 0.000000114. The van der Waals surface area contributed by atoms with Crippen molar-refractivity contribution in [3.63, 3.8) is 0 Å². The smallest absolute Gasteiger partial charge is 0.174 e. The number of benzene rings is 2. The summed E-state index contributed by atoms with van der Waals surface area (Å²) in [4.78, 5) is 37.2. The molecule has 11 nitrogen and oxygen atoms in total. The van der Waals surface area contributed by atoms with Gasteiger partial charge in [0.1, 0.15) is 6.29 Å². The second-order valence-corrected chi connectivity index (χ2v) is 17.0. The number of rotatable bonds is 3. The van der Waals surface area contributed by atoms with E-state index in [1.54, 1.807) is 12.1 Å². The van der Waals surface area contributed by atoms with E-state index in [2.05, 4.69) is 10.2 Å². The van der Waals surface area contributed by atoms with Crippen LogP contribution in [0.5, 0.6) is 23.0 Å². The monoisotopic (exact) mass is 698 g/mol. The maximum absolute atomic E-state index is 12.7. The predicted molar refractivity (Wildman–Crippen MR) is 182 cm³/mol. The fourth-order valence-corrected chi connectivity index (χ4v) is 11.7. The maximum atomic E-state index is 12.7. The second-order valence-electron chi connectivity index (χ2n) is 17.0. The van der Waals surface area contributed by atoms with Crippen LogP contribution in [0.1, 0.15) is 86.5 Å². The summed E-state index contributed by atoms with van der Waals surface area (Å²) in [5.41, 5.74) is 0.785. The van der Waals surface area contributed by atoms with Crippen LogP contribution in [0.25, 0.3) is 0 Å². The van der Waals surface area contributed by atoms with Gasteiger partial charge >= 0.3 is 0 Å². The van der Waals surface area contributed by atoms with E-state index in [-0.39, 0.29) is 35.1 Å². The molecule has 0 aromatic heterocycles. The minimum atomic E-state index is -0.962. The molecule has 5 N–H and O–H groups in total. The van der Waals surface area contributed by atoms with E-state index < -0.39 is 34.2 Å². The predicted octanol–water partition coefficient (Wildman–Crippen LogP) is 2.52. The highest BCUT2D eigenvalue weighted by atomic mass is 16.5. The Morgan fingerprint density at radius 3 is 1.94 bits per heavy atom. The van der Waals surface area contributed by atoms with Gasteiger partial charge in [-0.2, -0.15) is 0 Å². The van der Waals surface area contributed by atoms with Crippen LogP contribution in [0.3, 0.4) is 0 Å². The molecule has 0 radical (unpaired) electrons. The van der Waals surface area contributed by atoms with Gasteiger partial charge in [-0.05, 0) is 106 Å². The lowest BCUT2D eigenvalue weighted by molar-refractivity contribution is -0.188. The third-order valence-corrected chi connectivity index (χ3v) is 14.5. The molecule has 0 amide bonds. The Morgan fingerprint density at radius 2 is 1.37 bits per heavy atom. The third kappa shape index (κ3) is 4.12. The van der Waals surface area contributed by atoms with Crippen LogP contribution in [0.2, 0.25) is 0 Å². The summed E-state index contributed by atoms with van der Waals surface area (Å²) in [7, 11) is 0. The molecule has 8 atom stereocenters. The molecule has 6 unspecified atom stereocenters. The number of carbonyl (C=O) groups excluding carboxylic acids is 3. The summed E-state index contributed by atoms with van der Waals surface area (Å²) in [6, 6.07) is 7.18. The van der Waals surface area contributed by atoms with Crippen molar-refractivity contribution in [2.45, 2.75) is 123 Å². The highest BCUT2D eigenvalue weighted by Crippen LogP contribution is 2.66. The van der Waals surface area contributed by atoms with Crippen LogP contribution in [-0.2, 0) is 38.1 Å². The number of Topliss-reactive ketones (excluding diaryl/α,β-unsaturated/α-hetero) is 2. The number of phenolic OH excluding ortho intramolecular Hbond substituents is 2. The Labute approximate surface area is 296 Å². The molecule has 270 valence electrons. The van der Waals surface area contributed by atoms with Crippen LogP contribution >= 0.6 is 0 Å². The van der Waals surface area contributed by atoms with E-state index in [1.807, 2.05) is 12.1 Å². The number of piperidine rings is 2. The van der Waals surface area contributed by atoms with Gasteiger partial charge in [-0.25, -0.2) is 0 Å². The Hall–Kier alpha value is -3.51. The summed E-state index contributed by atoms with van der Waals surface area (Å²) in [6.45, 7) is 2.71. The van der Waals surface area contributed by atoms with E-state index in [4.69, 9.17) is 9.47 Å². The molecule has 2 aromatic carbocycles. The molecule has 6 fully saturated rings. The van der Waals surface area contributed by atoms with E-state index in [9.17, 15) is 34.8 Å². The van der Waals surface area contributed by atoms with Crippen molar-refractivity contribution in [1.82, 2.24) is 10.2 Å². The number of likely N-dealkylation sites (tertiary alicyclic amines) is 1. The number of aliphatic hydroxyl groups is 2. The maximum Gasteiger partial charge on any atom is 0.174 e. The lowest BCUT2D eigenvalue weighted by atomic mass is 9.49. The number of ether oxygens (including phenoxy) is 2. The van der Waals surface area contributed by atoms with E-state index >= 15 is 0 Å². The first-order valence-electron chi connectivity index (χ1n) is 19.0. The van der Waals surface area contributed by atoms with E-state index in [1.165, 1.54) is 12.8 Å². The zero-order chi connectivity index (χ0) is 35.1. The molecule has 4 saturated carbocycles. The standard InChI is InChI=1S/C20H23NO4.C16H17NO4.C4H6O/c22-13-4-3-12-9-15-20(24)6-5-14(23)18-19(20,16(12)17(13)25-18)7-8-21(15)10-11-1-2-11;18-9-2-1-8-7-11-16(20)4-3-10(19)14-15(16,5-6-17-11)12(8)13(9)21-14;5-3-4-1-2-4/h3-4,11,15,18,22,24H,1-2,5-10H2;1-2,11,14,17-18,20H,3-7H2;3-4H,1-2H2/t15?,18?,19?,20-;11?,14?,15?,16-;/m11./s1. The molecule has 4 aliphatic heterocycles. The Kier molecular flexibility index (Phi) is 6.80. The average Bonchev–Trinajstić information content (AvgIpc) is 4.05. The minimum absolute atomic E-state index is 0.0452. The van der Waals surface area contributed by atoms with Crippen molar-refractivity contribution in [3.8, 4) is 23.0 Å². The van der Waals surface area contributed by atoms with Crippen molar-refractivity contribution < 1.29 is 44.3 Å². The van der Waals surface area contributed by atoms with Crippen LogP contribution in [0.15, 0.2) is 24.3 Å². The first kappa shape index (κ1) is 32.2. The van der Waals surface area contributed by atoms with Gasteiger partial charge in [0, 0.05) is 48.5 Å². The van der Waals surface area contributed by atoms with Gasteiger partial charge in [0.2, 0.25) is 0 Å².